The summed E-state index contributed by atoms with van der Waals surface area (Å²) in [5.41, 5.74) is 3.39. The second-order valence-electron chi connectivity index (χ2n) is 9.06. The van der Waals surface area contributed by atoms with Crippen molar-refractivity contribution in [2.45, 2.75) is 51.0 Å². The van der Waals surface area contributed by atoms with E-state index in [0.717, 1.165) is 11.1 Å². The quantitative estimate of drug-likeness (QED) is 0.761. The summed E-state index contributed by atoms with van der Waals surface area (Å²) in [6, 6.07) is 12.7. The van der Waals surface area contributed by atoms with E-state index in [0.29, 0.717) is 31.9 Å². The molecule has 0 aromatic heterocycles. The molecule has 0 saturated carbocycles. The van der Waals surface area contributed by atoms with Gasteiger partial charge in [-0.3, -0.25) is 4.79 Å². The number of rotatable bonds is 5. The molecule has 168 valence electrons. The molecule has 1 N–H and O–H groups in total. The molecule has 1 fully saturated rings. The van der Waals surface area contributed by atoms with Crippen LogP contribution < -0.4 is 5.32 Å². The predicted octanol–water partition coefficient (Wildman–Crippen LogP) is 3.80. The molecule has 1 amide bonds. The van der Waals surface area contributed by atoms with Crippen molar-refractivity contribution in [1.29, 1.82) is 0 Å². The maximum atomic E-state index is 13.0. The molecule has 6 nitrogen and oxygen atoms in total. The predicted molar refractivity (Wildman–Crippen MR) is 122 cm³/mol. The van der Waals surface area contributed by atoms with Crippen LogP contribution in [-0.4, -0.2) is 44.9 Å². The van der Waals surface area contributed by atoms with Crippen molar-refractivity contribution in [3.05, 3.63) is 64.7 Å². The maximum Gasteiger partial charge on any atom is 0.252 e. The molecule has 7 heteroatoms. The van der Waals surface area contributed by atoms with Gasteiger partial charge >= 0.3 is 0 Å². The molecular weight excluding hydrogens is 412 g/mol. The van der Waals surface area contributed by atoms with E-state index in [9.17, 15) is 13.2 Å². The zero-order valence-corrected chi connectivity index (χ0v) is 19.8. The van der Waals surface area contributed by atoms with Crippen molar-refractivity contribution in [3.8, 4) is 0 Å². The van der Waals surface area contributed by atoms with E-state index in [1.165, 1.54) is 15.9 Å². The number of morpholine rings is 1. The first-order chi connectivity index (χ1) is 14.5. The molecule has 1 saturated heterocycles. The highest BCUT2D eigenvalue weighted by Crippen LogP contribution is 2.25. The number of amides is 1. The van der Waals surface area contributed by atoms with Crippen LogP contribution in [0.4, 0.5) is 0 Å². The lowest BCUT2D eigenvalue weighted by atomic mass is 9.86. The van der Waals surface area contributed by atoms with Crippen molar-refractivity contribution < 1.29 is 17.9 Å². The number of aryl methyl sites for hydroxylation is 1. The van der Waals surface area contributed by atoms with Crippen LogP contribution in [0, 0.1) is 6.92 Å². The first-order valence-electron chi connectivity index (χ1n) is 10.6. The first kappa shape index (κ1) is 23.4. The highest BCUT2D eigenvalue weighted by molar-refractivity contribution is 7.89. The van der Waals surface area contributed by atoms with Gasteiger partial charge in [-0.25, -0.2) is 8.42 Å². The first-order valence-corrected chi connectivity index (χ1v) is 12.0. The Bertz CT molecular complexity index is 1030. The topological polar surface area (TPSA) is 75.7 Å². The lowest BCUT2D eigenvalue weighted by Crippen LogP contribution is -2.40. The van der Waals surface area contributed by atoms with Crippen molar-refractivity contribution >= 4 is 15.9 Å². The van der Waals surface area contributed by atoms with Crippen LogP contribution in [0.2, 0.25) is 0 Å². The largest absolute Gasteiger partial charge is 0.379 e. The number of benzene rings is 2. The summed E-state index contributed by atoms with van der Waals surface area (Å²) < 4.78 is 32.6. The zero-order valence-electron chi connectivity index (χ0n) is 18.9. The van der Waals surface area contributed by atoms with Gasteiger partial charge in [0.2, 0.25) is 10.0 Å². The Morgan fingerprint density at radius 3 is 2.26 bits per heavy atom. The average Bonchev–Trinajstić information content (AvgIpc) is 2.74. The van der Waals surface area contributed by atoms with E-state index in [2.05, 4.69) is 38.2 Å². The number of carbonyl (C=O) groups excluding carboxylic acids is 1. The fourth-order valence-corrected chi connectivity index (χ4v) is 5.01. The van der Waals surface area contributed by atoms with E-state index in [-0.39, 0.29) is 22.3 Å². The molecule has 0 aliphatic carbocycles. The molecule has 31 heavy (non-hydrogen) atoms. The Hall–Kier alpha value is -2.22. The highest BCUT2D eigenvalue weighted by atomic mass is 32.2. The summed E-state index contributed by atoms with van der Waals surface area (Å²) in [6.07, 6.45) is 0. The van der Waals surface area contributed by atoms with Crippen LogP contribution in [0.25, 0.3) is 0 Å². The number of hydrogen-bond donors (Lipinski definition) is 1. The molecule has 3 rings (SSSR count). The SMILES string of the molecule is Cc1ccc(S(=O)(=O)N2CCOCC2)cc1C(=O)N[C@H](C)c1ccc(C(C)(C)C)cc1. The number of ether oxygens (including phenoxy) is 1. The Labute approximate surface area is 185 Å². The van der Waals surface area contributed by atoms with Gasteiger partial charge < -0.3 is 10.1 Å². The number of carbonyl (C=O) groups is 1. The lowest BCUT2D eigenvalue weighted by Gasteiger charge is -2.26. The molecule has 1 heterocycles. The van der Waals surface area contributed by atoms with Gasteiger partial charge in [-0.05, 0) is 48.1 Å². The number of sulfonamides is 1. The van der Waals surface area contributed by atoms with E-state index in [4.69, 9.17) is 4.74 Å². The minimum atomic E-state index is -3.66. The van der Waals surface area contributed by atoms with Crippen LogP contribution in [0.15, 0.2) is 47.4 Å². The Morgan fingerprint density at radius 1 is 1.06 bits per heavy atom. The summed E-state index contributed by atoms with van der Waals surface area (Å²) in [6.45, 7) is 11.6. The van der Waals surface area contributed by atoms with Gasteiger partial charge in [0.05, 0.1) is 24.2 Å². The van der Waals surface area contributed by atoms with Gasteiger partial charge in [0, 0.05) is 18.7 Å². The highest BCUT2D eigenvalue weighted by Gasteiger charge is 2.27. The molecular formula is C24H32N2O4S. The third kappa shape index (κ3) is 5.34. The smallest absolute Gasteiger partial charge is 0.252 e. The van der Waals surface area contributed by atoms with Gasteiger partial charge in [0.15, 0.2) is 0 Å². The lowest BCUT2D eigenvalue weighted by molar-refractivity contribution is 0.0730. The van der Waals surface area contributed by atoms with Crippen LogP contribution in [-0.2, 0) is 20.2 Å². The molecule has 0 bridgehead atoms. The Kier molecular flexibility index (Phi) is 6.88. The van der Waals surface area contributed by atoms with Crippen LogP contribution in [0.1, 0.15) is 60.8 Å². The van der Waals surface area contributed by atoms with E-state index < -0.39 is 10.0 Å². The van der Waals surface area contributed by atoms with Crippen LogP contribution in [0.3, 0.4) is 0 Å². The zero-order chi connectivity index (χ0) is 22.8. The van der Waals surface area contributed by atoms with Crippen molar-refractivity contribution in [2.75, 3.05) is 26.3 Å². The molecule has 2 aromatic rings. The summed E-state index contributed by atoms with van der Waals surface area (Å²) in [7, 11) is -3.66. The van der Waals surface area contributed by atoms with Crippen molar-refractivity contribution in [1.82, 2.24) is 9.62 Å². The number of hydrogen-bond acceptors (Lipinski definition) is 4. The number of nitrogens with one attached hydrogen (secondary N) is 1. The standard InChI is InChI=1S/C24H32N2O4S/c1-17-6-11-21(31(28,29)26-12-14-30-15-13-26)16-22(17)23(27)25-18(2)19-7-9-20(10-8-19)24(3,4)5/h6-11,16,18H,12-15H2,1-5H3,(H,25,27)/t18-/m1/s1. The van der Waals surface area contributed by atoms with Gasteiger partial charge in [0.25, 0.3) is 5.91 Å². The summed E-state index contributed by atoms with van der Waals surface area (Å²) in [5.74, 6) is -0.288. The molecule has 1 atom stereocenters. The maximum absolute atomic E-state index is 13.0. The van der Waals surface area contributed by atoms with E-state index >= 15 is 0 Å². The molecule has 0 radical (unpaired) electrons. The second-order valence-corrected chi connectivity index (χ2v) is 11.0. The molecule has 1 aliphatic heterocycles. The van der Waals surface area contributed by atoms with Gasteiger partial charge in [0.1, 0.15) is 0 Å². The fourth-order valence-electron chi connectivity index (χ4n) is 3.57. The Balaban J connectivity index is 1.79. The molecule has 1 aliphatic rings. The van der Waals surface area contributed by atoms with Gasteiger partial charge in [-0.2, -0.15) is 4.31 Å². The van der Waals surface area contributed by atoms with Crippen molar-refractivity contribution in [3.63, 3.8) is 0 Å². The number of nitrogens with zero attached hydrogens (tertiary/aromatic N) is 1. The third-order valence-electron chi connectivity index (χ3n) is 5.69. The summed E-state index contributed by atoms with van der Waals surface area (Å²) in [5, 5.41) is 3.00. The average molecular weight is 445 g/mol. The van der Waals surface area contributed by atoms with E-state index in [1.54, 1.807) is 12.1 Å². The van der Waals surface area contributed by atoms with Gasteiger partial charge in [-0.15, -0.1) is 0 Å². The monoisotopic (exact) mass is 444 g/mol. The van der Waals surface area contributed by atoms with Crippen LogP contribution in [0.5, 0.6) is 0 Å². The molecule has 0 unspecified atom stereocenters. The third-order valence-corrected chi connectivity index (χ3v) is 7.58. The Morgan fingerprint density at radius 2 is 1.68 bits per heavy atom. The van der Waals surface area contributed by atoms with Gasteiger partial charge in [-0.1, -0.05) is 51.1 Å². The minimum absolute atomic E-state index is 0.0640. The molecule has 0 spiro atoms. The van der Waals surface area contributed by atoms with Crippen LogP contribution >= 0.6 is 0 Å². The summed E-state index contributed by atoms with van der Waals surface area (Å²) in [4.78, 5) is 13.1. The summed E-state index contributed by atoms with van der Waals surface area (Å²) >= 11 is 0. The second kappa shape index (κ2) is 9.10. The van der Waals surface area contributed by atoms with Crippen molar-refractivity contribution in [2.24, 2.45) is 0 Å². The molecule has 2 aromatic carbocycles. The van der Waals surface area contributed by atoms with E-state index in [1.807, 2.05) is 26.0 Å². The minimum Gasteiger partial charge on any atom is -0.379 e. The normalized spacial score (nSPS) is 16.7. The fraction of sp³-hybridized carbons (Fsp3) is 0.458.